The van der Waals surface area contributed by atoms with E-state index in [1.807, 2.05) is 48.5 Å². The second-order valence-electron chi connectivity index (χ2n) is 3.63. The van der Waals surface area contributed by atoms with Gasteiger partial charge in [-0.15, -0.1) is 0 Å². The lowest BCUT2D eigenvalue weighted by Gasteiger charge is -1.96. The molecule has 1 heteroatoms. The molecule has 16 heavy (non-hydrogen) atoms. The molecule has 0 aliphatic carbocycles. The van der Waals surface area contributed by atoms with Crippen LogP contribution in [-0.4, -0.2) is 0 Å². The monoisotopic (exact) mass is 209 g/mol. The molecule has 0 aliphatic rings. The molecule has 0 bridgehead atoms. The highest BCUT2D eigenvalue weighted by Gasteiger charge is 1.90. The summed E-state index contributed by atoms with van der Waals surface area (Å²) in [5.41, 5.74) is 3.12. The van der Waals surface area contributed by atoms with Crippen LogP contribution in [0.5, 0.6) is 0 Å². The zero-order valence-electron chi connectivity index (χ0n) is 8.97. The molecule has 0 aromatic heterocycles. The van der Waals surface area contributed by atoms with Crippen LogP contribution in [0, 0.1) is 0 Å². The van der Waals surface area contributed by atoms with E-state index in [1.165, 1.54) is 5.56 Å². The maximum absolute atomic E-state index is 10.6. The predicted molar refractivity (Wildman–Crippen MR) is 66.2 cm³/mol. The van der Waals surface area contributed by atoms with Crippen molar-refractivity contribution in [2.45, 2.75) is 6.61 Å². The third-order valence-electron chi connectivity index (χ3n) is 2.41. The topological polar surface area (TPSA) is 19.9 Å². The van der Waals surface area contributed by atoms with E-state index in [9.17, 15) is 5.11 Å². The first-order valence-electron chi connectivity index (χ1n) is 5.28. The van der Waals surface area contributed by atoms with Crippen molar-refractivity contribution in [3.05, 3.63) is 71.3 Å². The second kappa shape index (κ2) is 5.29. The van der Waals surface area contributed by atoms with Crippen molar-refractivity contribution in [1.29, 1.82) is 0 Å². The summed E-state index contributed by atoms with van der Waals surface area (Å²) >= 11 is 0. The Balaban J connectivity index is 2.12. The van der Waals surface area contributed by atoms with Gasteiger partial charge in [-0.05, 0) is 16.7 Å². The first kappa shape index (κ1) is 10.7. The summed E-state index contributed by atoms with van der Waals surface area (Å²) in [4.78, 5) is 0. The summed E-state index contributed by atoms with van der Waals surface area (Å²) in [6.07, 6.45) is 4.11. The van der Waals surface area contributed by atoms with Crippen molar-refractivity contribution in [2.24, 2.45) is 0 Å². The van der Waals surface area contributed by atoms with E-state index in [1.54, 1.807) is 0 Å². The molecule has 2 aromatic rings. The fourth-order valence-corrected chi connectivity index (χ4v) is 1.48. The Bertz CT molecular complexity index is 455. The number of benzene rings is 2. The van der Waals surface area contributed by atoms with E-state index in [0.29, 0.717) is 0 Å². The second-order valence-corrected chi connectivity index (χ2v) is 3.63. The minimum atomic E-state index is -0.150. The van der Waals surface area contributed by atoms with Gasteiger partial charge in [-0.2, -0.15) is 0 Å². The molecule has 0 fully saturated rings. The maximum atomic E-state index is 10.6. The molecule has 79 valence electrons. The minimum Gasteiger partial charge on any atom is -0.232 e. The van der Waals surface area contributed by atoms with Crippen LogP contribution < -0.4 is 0 Å². The summed E-state index contributed by atoms with van der Waals surface area (Å²) in [7, 11) is 0. The summed E-state index contributed by atoms with van der Waals surface area (Å²) in [6.45, 7) is -0.150. The lowest BCUT2D eigenvalue weighted by Crippen LogP contribution is -1.80. The van der Waals surface area contributed by atoms with Crippen molar-refractivity contribution >= 4 is 12.2 Å². The van der Waals surface area contributed by atoms with Gasteiger partial charge >= 0.3 is 0 Å². The number of hydrogen-bond acceptors (Lipinski definition) is 0. The largest absolute Gasteiger partial charge is 0.232 e. The lowest BCUT2D eigenvalue weighted by molar-refractivity contribution is 0.177. The van der Waals surface area contributed by atoms with Crippen LogP contribution in [0.25, 0.3) is 12.2 Å². The molecular weight excluding hydrogens is 196 g/mol. The number of rotatable bonds is 3. The van der Waals surface area contributed by atoms with Gasteiger partial charge in [0.1, 0.15) is 6.61 Å². The van der Waals surface area contributed by atoms with Gasteiger partial charge in [-0.1, -0.05) is 66.7 Å². The zero-order chi connectivity index (χ0) is 11.2. The average Bonchev–Trinajstić information content (AvgIpc) is 2.38. The Morgan fingerprint density at radius 3 is 1.88 bits per heavy atom. The third kappa shape index (κ3) is 2.81. The van der Waals surface area contributed by atoms with E-state index >= 15 is 0 Å². The van der Waals surface area contributed by atoms with Crippen molar-refractivity contribution < 1.29 is 5.11 Å². The molecule has 2 aromatic carbocycles. The van der Waals surface area contributed by atoms with Gasteiger partial charge in [0.25, 0.3) is 0 Å². The van der Waals surface area contributed by atoms with E-state index < -0.39 is 0 Å². The maximum Gasteiger partial charge on any atom is 0.107 e. The van der Waals surface area contributed by atoms with Gasteiger partial charge in [0.05, 0.1) is 0 Å². The normalized spacial score (nSPS) is 10.8. The highest BCUT2D eigenvalue weighted by atomic mass is 16.3. The minimum absolute atomic E-state index is 0.150. The lowest BCUT2D eigenvalue weighted by atomic mass is 10.1. The standard InChI is InChI=1S/C15H13O/c16-12-15-10-8-14(9-11-15)7-6-13-4-2-1-3-5-13/h1-11H,12H2. The molecule has 2 rings (SSSR count). The van der Waals surface area contributed by atoms with Crippen LogP contribution in [0.2, 0.25) is 0 Å². The molecule has 1 radical (unpaired) electrons. The van der Waals surface area contributed by atoms with Gasteiger partial charge in [-0.3, -0.25) is 0 Å². The molecule has 0 spiro atoms. The van der Waals surface area contributed by atoms with Crippen LogP contribution in [0.1, 0.15) is 16.7 Å². The van der Waals surface area contributed by atoms with Crippen LogP contribution in [-0.2, 0) is 11.7 Å². The van der Waals surface area contributed by atoms with Crippen molar-refractivity contribution in [1.82, 2.24) is 0 Å². The van der Waals surface area contributed by atoms with Crippen LogP contribution in [0.3, 0.4) is 0 Å². The Hall–Kier alpha value is -1.86. The van der Waals surface area contributed by atoms with E-state index in [0.717, 1.165) is 11.1 Å². The van der Waals surface area contributed by atoms with E-state index in [4.69, 9.17) is 0 Å². The quantitative estimate of drug-likeness (QED) is 0.685. The van der Waals surface area contributed by atoms with Crippen LogP contribution in [0.4, 0.5) is 0 Å². The summed E-state index contributed by atoms with van der Waals surface area (Å²) in [5, 5.41) is 10.6. The number of hydrogen-bond donors (Lipinski definition) is 0. The highest BCUT2D eigenvalue weighted by Crippen LogP contribution is 2.09. The zero-order valence-corrected chi connectivity index (χ0v) is 8.97. The van der Waals surface area contributed by atoms with Crippen molar-refractivity contribution in [2.75, 3.05) is 0 Å². The van der Waals surface area contributed by atoms with Gasteiger partial charge < -0.3 is 0 Å². The molecule has 0 N–H and O–H groups in total. The molecule has 1 nitrogen and oxygen atoms in total. The smallest absolute Gasteiger partial charge is 0.107 e. The SMILES string of the molecule is [O]Cc1ccc(C=Cc2ccccc2)cc1. The van der Waals surface area contributed by atoms with Crippen molar-refractivity contribution in [3.8, 4) is 0 Å². The molecule has 0 amide bonds. The molecule has 0 saturated carbocycles. The fraction of sp³-hybridized carbons (Fsp3) is 0.0667. The summed E-state index contributed by atoms with van der Waals surface area (Å²) in [5.74, 6) is 0. The average molecular weight is 209 g/mol. The van der Waals surface area contributed by atoms with Crippen LogP contribution >= 0.6 is 0 Å². The highest BCUT2D eigenvalue weighted by molar-refractivity contribution is 5.69. The Labute approximate surface area is 95.7 Å². The molecule has 0 unspecified atom stereocenters. The Morgan fingerprint density at radius 1 is 0.750 bits per heavy atom. The van der Waals surface area contributed by atoms with E-state index in [-0.39, 0.29) is 6.61 Å². The summed E-state index contributed by atoms with van der Waals surface area (Å²) < 4.78 is 0. The summed E-state index contributed by atoms with van der Waals surface area (Å²) in [6, 6.07) is 17.8. The molecule has 0 aliphatic heterocycles. The fourth-order valence-electron chi connectivity index (χ4n) is 1.48. The van der Waals surface area contributed by atoms with Gasteiger partial charge in [0.2, 0.25) is 0 Å². The van der Waals surface area contributed by atoms with Gasteiger partial charge in [0, 0.05) is 0 Å². The first-order chi connectivity index (χ1) is 7.88. The molecule has 0 atom stereocenters. The van der Waals surface area contributed by atoms with Gasteiger partial charge in [0.15, 0.2) is 0 Å². The molecular formula is C15H13O. The van der Waals surface area contributed by atoms with Gasteiger partial charge in [-0.25, -0.2) is 5.11 Å². The van der Waals surface area contributed by atoms with Crippen molar-refractivity contribution in [3.63, 3.8) is 0 Å². The molecule has 0 heterocycles. The van der Waals surface area contributed by atoms with Crippen LogP contribution in [0.15, 0.2) is 54.6 Å². The third-order valence-corrected chi connectivity index (χ3v) is 2.41. The van der Waals surface area contributed by atoms with E-state index in [2.05, 4.69) is 18.2 Å². The Kier molecular flexibility index (Phi) is 3.52. The predicted octanol–water partition coefficient (Wildman–Crippen LogP) is 3.79. The Morgan fingerprint density at radius 2 is 1.31 bits per heavy atom. The first-order valence-corrected chi connectivity index (χ1v) is 5.28. The molecule has 0 saturated heterocycles.